The van der Waals surface area contributed by atoms with Crippen LogP contribution in [0.1, 0.15) is 22.3 Å². The second-order valence-electron chi connectivity index (χ2n) is 8.44. The van der Waals surface area contributed by atoms with E-state index < -0.39 is 5.91 Å². The Balaban J connectivity index is 1.31. The van der Waals surface area contributed by atoms with Gasteiger partial charge in [-0.25, -0.2) is 4.98 Å². The van der Waals surface area contributed by atoms with Gasteiger partial charge in [0.2, 0.25) is 11.3 Å². The summed E-state index contributed by atoms with van der Waals surface area (Å²) in [6.45, 7) is 2.26. The molecule has 0 radical (unpaired) electrons. The predicted octanol–water partition coefficient (Wildman–Crippen LogP) is 3.77. The normalized spacial score (nSPS) is 10.9. The molecule has 0 aliphatic carbocycles. The van der Waals surface area contributed by atoms with E-state index in [0.29, 0.717) is 33.1 Å². The highest BCUT2D eigenvalue weighted by Gasteiger charge is 2.15. The zero-order valence-corrected chi connectivity index (χ0v) is 19.6. The third-order valence-electron chi connectivity index (χ3n) is 5.94. The Morgan fingerprint density at radius 2 is 1.61 bits per heavy atom. The summed E-state index contributed by atoms with van der Waals surface area (Å²) in [5, 5.41) is 5.35. The molecule has 0 fully saturated rings. The Hall–Kier alpha value is -4.85. The summed E-state index contributed by atoms with van der Waals surface area (Å²) in [5.41, 5.74) is 9.25. The van der Waals surface area contributed by atoms with E-state index in [0.717, 1.165) is 11.1 Å². The van der Waals surface area contributed by atoms with Crippen LogP contribution in [0.4, 0.5) is 0 Å². The molecule has 0 saturated carbocycles. The minimum atomic E-state index is -0.442. The molecular weight excluding hydrogens is 454 g/mol. The van der Waals surface area contributed by atoms with Gasteiger partial charge in [0.15, 0.2) is 0 Å². The number of nitrogens with zero attached hydrogens (tertiary/aromatic N) is 3. The molecule has 0 aliphatic rings. The van der Waals surface area contributed by atoms with E-state index in [9.17, 15) is 14.4 Å². The van der Waals surface area contributed by atoms with Gasteiger partial charge in [-0.1, -0.05) is 60.2 Å². The van der Waals surface area contributed by atoms with Gasteiger partial charge in [-0.2, -0.15) is 5.10 Å². The minimum Gasteiger partial charge on any atom is -0.287 e. The number of pyridine rings is 1. The first-order valence-corrected chi connectivity index (χ1v) is 11.5. The number of hydrogen-bond acceptors (Lipinski definition) is 5. The molecular formula is C28H23N5O3. The van der Waals surface area contributed by atoms with Gasteiger partial charge in [0.1, 0.15) is 0 Å². The molecule has 8 heteroatoms. The smallest absolute Gasteiger partial charge is 0.270 e. The van der Waals surface area contributed by atoms with Gasteiger partial charge in [-0.15, -0.1) is 0 Å². The molecule has 2 aromatic heterocycles. The van der Waals surface area contributed by atoms with Gasteiger partial charge in [0.05, 0.1) is 35.0 Å². The van der Waals surface area contributed by atoms with Crippen molar-refractivity contribution in [3.63, 3.8) is 0 Å². The fraction of sp³-hybridized carbons (Fsp3) is 0.107. The average molecular weight is 478 g/mol. The van der Waals surface area contributed by atoms with Crippen molar-refractivity contribution < 1.29 is 9.59 Å². The van der Waals surface area contributed by atoms with Crippen molar-refractivity contribution in [1.82, 2.24) is 25.6 Å². The molecule has 178 valence electrons. The van der Waals surface area contributed by atoms with Crippen LogP contribution in [0.2, 0.25) is 0 Å². The van der Waals surface area contributed by atoms with Crippen LogP contribution in [0, 0.1) is 6.92 Å². The van der Waals surface area contributed by atoms with E-state index in [1.807, 2.05) is 61.5 Å². The SMILES string of the molecule is Cc1ccc(-c2cc(C(=O)NNC(=O)CCn3ncc(=O)c4ccccc43)c3ccccc3n2)cc1. The van der Waals surface area contributed by atoms with Crippen molar-refractivity contribution in [2.24, 2.45) is 0 Å². The summed E-state index contributed by atoms with van der Waals surface area (Å²) in [6.07, 6.45) is 1.30. The van der Waals surface area contributed by atoms with Crippen LogP contribution >= 0.6 is 0 Å². The van der Waals surface area contributed by atoms with Crippen LogP contribution in [-0.4, -0.2) is 26.6 Å². The Kier molecular flexibility index (Phi) is 6.23. The van der Waals surface area contributed by atoms with Crippen LogP contribution in [0.5, 0.6) is 0 Å². The minimum absolute atomic E-state index is 0.0614. The van der Waals surface area contributed by atoms with Crippen LogP contribution in [0.15, 0.2) is 89.9 Å². The second-order valence-corrected chi connectivity index (χ2v) is 8.44. The summed E-state index contributed by atoms with van der Waals surface area (Å²) in [6, 6.07) is 24.1. The molecule has 36 heavy (non-hydrogen) atoms. The van der Waals surface area contributed by atoms with Crippen molar-refractivity contribution in [3.8, 4) is 11.3 Å². The largest absolute Gasteiger partial charge is 0.287 e. The zero-order valence-electron chi connectivity index (χ0n) is 19.6. The topological polar surface area (TPSA) is 106 Å². The lowest BCUT2D eigenvalue weighted by Crippen LogP contribution is -2.42. The maximum atomic E-state index is 13.1. The molecule has 0 saturated heterocycles. The van der Waals surface area contributed by atoms with E-state index >= 15 is 0 Å². The Labute approximate surface area is 206 Å². The highest BCUT2D eigenvalue weighted by atomic mass is 16.2. The fourth-order valence-corrected chi connectivity index (χ4v) is 4.04. The average Bonchev–Trinajstić information content (AvgIpc) is 2.91. The molecule has 0 atom stereocenters. The van der Waals surface area contributed by atoms with E-state index in [1.54, 1.807) is 28.9 Å². The van der Waals surface area contributed by atoms with Crippen LogP contribution in [0.3, 0.4) is 0 Å². The van der Waals surface area contributed by atoms with Crippen molar-refractivity contribution in [2.45, 2.75) is 19.9 Å². The number of hydrazine groups is 1. The summed E-state index contributed by atoms with van der Waals surface area (Å²) >= 11 is 0. The summed E-state index contributed by atoms with van der Waals surface area (Å²) < 4.78 is 1.60. The first kappa shape index (κ1) is 22.9. The first-order valence-electron chi connectivity index (χ1n) is 11.5. The number of benzene rings is 3. The second kappa shape index (κ2) is 9.79. The van der Waals surface area contributed by atoms with E-state index in [1.165, 1.54) is 6.20 Å². The standard InChI is InChI=1S/C28H23N5O3/c1-18-10-12-19(13-11-18)24-16-22(20-6-2-4-8-23(20)30-24)28(36)32-31-27(35)14-15-33-25-9-5-3-7-21(25)26(34)17-29-33/h2-13,16-17H,14-15H2,1H3,(H,31,35)(H,32,36). The molecule has 2 amide bonds. The van der Waals surface area contributed by atoms with Crippen LogP contribution in [-0.2, 0) is 11.3 Å². The Bertz CT molecular complexity index is 1660. The lowest BCUT2D eigenvalue weighted by molar-refractivity contribution is -0.122. The lowest BCUT2D eigenvalue weighted by atomic mass is 10.0. The number of nitrogens with one attached hydrogen (secondary N) is 2. The highest BCUT2D eigenvalue weighted by Crippen LogP contribution is 2.25. The van der Waals surface area contributed by atoms with Gasteiger partial charge >= 0.3 is 0 Å². The summed E-state index contributed by atoms with van der Waals surface area (Å²) in [7, 11) is 0. The number of para-hydroxylation sites is 2. The number of carbonyl (C=O) groups is 2. The molecule has 5 aromatic rings. The number of rotatable bonds is 5. The third kappa shape index (κ3) is 4.69. The summed E-state index contributed by atoms with van der Waals surface area (Å²) in [4.78, 5) is 42.3. The maximum Gasteiger partial charge on any atom is 0.270 e. The van der Waals surface area contributed by atoms with Gasteiger partial charge in [-0.3, -0.25) is 29.9 Å². The number of aromatic nitrogens is 3. The monoisotopic (exact) mass is 477 g/mol. The van der Waals surface area contributed by atoms with Crippen molar-refractivity contribution in [2.75, 3.05) is 0 Å². The Morgan fingerprint density at radius 1 is 0.889 bits per heavy atom. The molecule has 5 rings (SSSR count). The molecule has 2 N–H and O–H groups in total. The van der Waals surface area contributed by atoms with Crippen molar-refractivity contribution >= 4 is 33.6 Å². The van der Waals surface area contributed by atoms with Crippen molar-refractivity contribution in [3.05, 3.63) is 106 Å². The molecule has 8 nitrogen and oxygen atoms in total. The molecule has 0 spiro atoms. The predicted molar refractivity (Wildman–Crippen MR) is 138 cm³/mol. The molecule has 2 heterocycles. The Morgan fingerprint density at radius 3 is 2.42 bits per heavy atom. The third-order valence-corrected chi connectivity index (χ3v) is 5.94. The summed E-state index contributed by atoms with van der Waals surface area (Å²) in [5.74, 6) is -0.827. The number of amides is 2. The number of aryl methyl sites for hydroxylation is 2. The zero-order chi connectivity index (χ0) is 25.1. The number of fused-ring (bicyclic) bond motifs is 2. The van der Waals surface area contributed by atoms with Gasteiger partial charge in [0, 0.05) is 22.8 Å². The van der Waals surface area contributed by atoms with Gasteiger partial charge in [0.25, 0.3) is 5.91 Å². The fourth-order valence-electron chi connectivity index (χ4n) is 4.04. The van der Waals surface area contributed by atoms with E-state index in [2.05, 4.69) is 16.0 Å². The van der Waals surface area contributed by atoms with Crippen molar-refractivity contribution in [1.29, 1.82) is 0 Å². The van der Waals surface area contributed by atoms with E-state index in [-0.39, 0.29) is 24.3 Å². The highest BCUT2D eigenvalue weighted by molar-refractivity contribution is 6.07. The van der Waals surface area contributed by atoms with Gasteiger partial charge in [-0.05, 0) is 31.2 Å². The first-order chi connectivity index (χ1) is 17.5. The van der Waals surface area contributed by atoms with E-state index in [4.69, 9.17) is 4.98 Å². The van der Waals surface area contributed by atoms with Crippen LogP contribution in [0.25, 0.3) is 33.1 Å². The molecule has 0 unspecified atom stereocenters. The molecule has 0 bridgehead atoms. The van der Waals surface area contributed by atoms with Crippen LogP contribution < -0.4 is 16.3 Å². The lowest BCUT2D eigenvalue weighted by Gasteiger charge is -2.12. The van der Waals surface area contributed by atoms with Gasteiger partial charge < -0.3 is 0 Å². The molecule has 0 aliphatic heterocycles. The quantitative estimate of drug-likeness (QED) is 0.375. The number of carbonyl (C=O) groups excluding carboxylic acids is 2. The maximum absolute atomic E-state index is 13.1. The molecule has 3 aromatic carbocycles. The number of hydrogen-bond donors (Lipinski definition) is 2.